The molecule has 1 N–H and O–H groups in total. The third kappa shape index (κ3) is 2.20. The van der Waals surface area contributed by atoms with Gasteiger partial charge in [0.05, 0.1) is 17.8 Å². The van der Waals surface area contributed by atoms with Gasteiger partial charge in [0.2, 0.25) is 0 Å². The molecule has 3 rings (SSSR count). The minimum absolute atomic E-state index is 0.0253. The highest BCUT2D eigenvalue weighted by atomic mass is 16.3. The van der Waals surface area contributed by atoms with Crippen molar-refractivity contribution in [2.45, 2.75) is 13.5 Å². The van der Waals surface area contributed by atoms with E-state index in [2.05, 4.69) is 9.97 Å². The Morgan fingerprint density at radius 1 is 1.11 bits per heavy atom. The first-order chi connectivity index (χ1) is 9.28. The molecular formula is C16H14N2O. The molecule has 0 aliphatic carbocycles. The Morgan fingerprint density at radius 2 is 1.95 bits per heavy atom. The van der Waals surface area contributed by atoms with E-state index < -0.39 is 0 Å². The number of hydrogen-bond donors (Lipinski definition) is 1. The summed E-state index contributed by atoms with van der Waals surface area (Å²) in [6.45, 7) is 2.00. The number of nitrogens with zero attached hydrogens (tertiary/aromatic N) is 2. The number of hydrogen-bond acceptors (Lipinski definition) is 3. The molecular weight excluding hydrogens is 236 g/mol. The van der Waals surface area contributed by atoms with Gasteiger partial charge in [-0.15, -0.1) is 0 Å². The van der Waals surface area contributed by atoms with Crippen molar-refractivity contribution in [3.05, 3.63) is 59.9 Å². The first kappa shape index (κ1) is 11.8. The van der Waals surface area contributed by atoms with Crippen molar-refractivity contribution < 1.29 is 5.11 Å². The van der Waals surface area contributed by atoms with E-state index in [4.69, 9.17) is 0 Å². The lowest BCUT2D eigenvalue weighted by Gasteiger charge is -2.08. The van der Waals surface area contributed by atoms with Gasteiger partial charge in [0.25, 0.3) is 0 Å². The second-order valence-electron chi connectivity index (χ2n) is 4.54. The van der Waals surface area contributed by atoms with Crippen LogP contribution in [0.15, 0.2) is 48.7 Å². The van der Waals surface area contributed by atoms with Crippen LogP contribution in [-0.4, -0.2) is 15.1 Å². The topological polar surface area (TPSA) is 46.0 Å². The SMILES string of the molecule is Cc1cc(-c2cc(CO)ccn2)c2ccccc2n1. The Bertz CT molecular complexity index is 738. The minimum atomic E-state index is 0.0253. The number of benzene rings is 1. The molecule has 94 valence electrons. The molecule has 3 aromatic rings. The lowest BCUT2D eigenvalue weighted by atomic mass is 10.0. The van der Waals surface area contributed by atoms with E-state index in [9.17, 15) is 5.11 Å². The Labute approximate surface area is 111 Å². The van der Waals surface area contributed by atoms with E-state index >= 15 is 0 Å². The number of aliphatic hydroxyl groups is 1. The monoisotopic (exact) mass is 250 g/mol. The predicted molar refractivity (Wildman–Crippen MR) is 75.6 cm³/mol. The molecule has 0 radical (unpaired) electrons. The number of aryl methyl sites for hydroxylation is 1. The molecule has 3 nitrogen and oxygen atoms in total. The smallest absolute Gasteiger partial charge is 0.0713 e. The molecule has 0 aliphatic rings. The average Bonchev–Trinajstić information content (AvgIpc) is 2.46. The minimum Gasteiger partial charge on any atom is -0.392 e. The molecule has 0 fully saturated rings. The van der Waals surface area contributed by atoms with Gasteiger partial charge in [0.1, 0.15) is 0 Å². The van der Waals surface area contributed by atoms with Crippen LogP contribution in [0, 0.1) is 6.92 Å². The van der Waals surface area contributed by atoms with Gasteiger partial charge in [0.15, 0.2) is 0 Å². The molecule has 0 aliphatic heterocycles. The van der Waals surface area contributed by atoms with E-state index in [0.717, 1.165) is 33.4 Å². The van der Waals surface area contributed by atoms with Gasteiger partial charge >= 0.3 is 0 Å². The van der Waals surface area contributed by atoms with Crippen molar-refractivity contribution in [1.29, 1.82) is 0 Å². The Hall–Kier alpha value is -2.26. The standard InChI is InChI=1S/C16H14N2O/c1-11-8-14(13-4-2-3-5-15(13)18-11)16-9-12(10-19)6-7-17-16/h2-9,19H,10H2,1H3. The van der Waals surface area contributed by atoms with Gasteiger partial charge in [-0.3, -0.25) is 9.97 Å². The number of aromatic nitrogens is 2. The van der Waals surface area contributed by atoms with Crippen molar-refractivity contribution in [3.8, 4) is 11.3 Å². The zero-order valence-corrected chi connectivity index (χ0v) is 10.7. The van der Waals surface area contributed by atoms with Crippen molar-refractivity contribution in [2.75, 3.05) is 0 Å². The van der Waals surface area contributed by atoms with Gasteiger partial charge in [0, 0.05) is 22.8 Å². The summed E-state index contributed by atoms with van der Waals surface area (Å²) >= 11 is 0. The summed E-state index contributed by atoms with van der Waals surface area (Å²) < 4.78 is 0. The van der Waals surface area contributed by atoms with Gasteiger partial charge in [-0.2, -0.15) is 0 Å². The highest BCUT2D eigenvalue weighted by molar-refractivity contribution is 5.93. The van der Waals surface area contributed by atoms with Crippen molar-refractivity contribution in [1.82, 2.24) is 9.97 Å². The van der Waals surface area contributed by atoms with E-state index in [-0.39, 0.29) is 6.61 Å². The van der Waals surface area contributed by atoms with E-state index in [1.54, 1.807) is 6.20 Å². The predicted octanol–water partition coefficient (Wildman–Crippen LogP) is 3.10. The summed E-state index contributed by atoms with van der Waals surface area (Å²) in [6, 6.07) is 13.8. The molecule has 2 aromatic heterocycles. The maximum atomic E-state index is 9.24. The second-order valence-corrected chi connectivity index (χ2v) is 4.54. The molecule has 0 atom stereocenters. The van der Waals surface area contributed by atoms with Crippen molar-refractivity contribution in [2.24, 2.45) is 0 Å². The quantitative estimate of drug-likeness (QED) is 0.760. The van der Waals surface area contributed by atoms with Crippen LogP contribution in [0.3, 0.4) is 0 Å². The molecule has 0 saturated carbocycles. The number of para-hydroxylation sites is 1. The lowest BCUT2D eigenvalue weighted by molar-refractivity contribution is 0.282. The highest BCUT2D eigenvalue weighted by Crippen LogP contribution is 2.27. The van der Waals surface area contributed by atoms with Gasteiger partial charge in [-0.25, -0.2) is 0 Å². The highest BCUT2D eigenvalue weighted by Gasteiger charge is 2.07. The van der Waals surface area contributed by atoms with Crippen LogP contribution in [-0.2, 0) is 6.61 Å². The second kappa shape index (κ2) is 4.78. The summed E-state index contributed by atoms with van der Waals surface area (Å²) in [4.78, 5) is 8.94. The third-order valence-corrected chi connectivity index (χ3v) is 3.13. The van der Waals surface area contributed by atoms with Crippen molar-refractivity contribution >= 4 is 10.9 Å². The molecule has 0 saturated heterocycles. The van der Waals surface area contributed by atoms with Crippen LogP contribution < -0.4 is 0 Å². The zero-order chi connectivity index (χ0) is 13.2. The van der Waals surface area contributed by atoms with E-state index in [0.29, 0.717) is 0 Å². The van der Waals surface area contributed by atoms with E-state index in [1.807, 2.05) is 49.4 Å². The summed E-state index contributed by atoms with van der Waals surface area (Å²) in [5.41, 5.74) is 4.72. The summed E-state index contributed by atoms with van der Waals surface area (Å²) in [7, 11) is 0. The first-order valence-electron chi connectivity index (χ1n) is 6.20. The van der Waals surface area contributed by atoms with Gasteiger partial charge in [-0.1, -0.05) is 18.2 Å². The third-order valence-electron chi connectivity index (χ3n) is 3.13. The lowest BCUT2D eigenvalue weighted by Crippen LogP contribution is -1.92. The van der Waals surface area contributed by atoms with Crippen molar-refractivity contribution in [3.63, 3.8) is 0 Å². The van der Waals surface area contributed by atoms with E-state index in [1.165, 1.54) is 0 Å². The Balaban J connectivity index is 2.29. The zero-order valence-electron chi connectivity index (χ0n) is 10.7. The molecule has 1 aromatic carbocycles. The van der Waals surface area contributed by atoms with Crippen LogP contribution in [0.5, 0.6) is 0 Å². The van der Waals surface area contributed by atoms with Crippen LogP contribution in [0.25, 0.3) is 22.2 Å². The number of aliphatic hydroxyl groups excluding tert-OH is 1. The Morgan fingerprint density at radius 3 is 2.79 bits per heavy atom. The molecule has 0 bridgehead atoms. The van der Waals surface area contributed by atoms with Gasteiger partial charge in [-0.05, 0) is 36.8 Å². The van der Waals surface area contributed by atoms with Crippen LogP contribution in [0.4, 0.5) is 0 Å². The first-order valence-corrected chi connectivity index (χ1v) is 6.20. The molecule has 0 amide bonds. The normalized spacial score (nSPS) is 10.8. The Kier molecular flexibility index (Phi) is 2.97. The maximum absolute atomic E-state index is 9.24. The number of pyridine rings is 2. The fourth-order valence-corrected chi connectivity index (χ4v) is 2.24. The summed E-state index contributed by atoms with van der Waals surface area (Å²) in [5, 5.41) is 10.3. The van der Waals surface area contributed by atoms with Crippen LogP contribution in [0.1, 0.15) is 11.3 Å². The summed E-state index contributed by atoms with van der Waals surface area (Å²) in [5.74, 6) is 0. The molecule has 0 spiro atoms. The maximum Gasteiger partial charge on any atom is 0.0713 e. The fourth-order valence-electron chi connectivity index (χ4n) is 2.24. The molecule has 0 unspecified atom stereocenters. The summed E-state index contributed by atoms with van der Waals surface area (Å²) in [6.07, 6.45) is 1.73. The molecule has 19 heavy (non-hydrogen) atoms. The van der Waals surface area contributed by atoms with Crippen LogP contribution in [0.2, 0.25) is 0 Å². The van der Waals surface area contributed by atoms with Crippen LogP contribution >= 0.6 is 0 Å². The average molecular weight is 250 g/mol. The molecule has 3 heteroatoms. The number of rotatable bonds is 2. The molecule has 2 heterocycles. The largest absolute Gasteiger partial charge is 0.392 e. The number of fused-ring (bicyclic) bond motifs is 1. The van der Waals surface area contributed by atoms with Gasteiger partial charge < -0.3 is 5.11 Å². The fraction of sp³-hybridized carbons (Fsp3) is 0.125.